The number of hydrogen-bond donors (Lipinski definition) is 1. The smallest absolute Gasteiger partial charge is 0.387 e. The fourth-order valence-corrected chi connectivity index (χ4v) is 2.28. The summed E-state index contributed by atoms with van der Waals surface area (Å²) in [4.78, 5) is 13.3. The van der Waals surface area contributed by atoms with Gasteiger partial charge in [0.05, 0.1) is 7.11 Å². The highest BCUT2D eigenvalue weighted by Gasteiger charge is 2.29. The van der Waals surface area contributed by atoms with Crippen LogP contribution < -0.4 is 14.4 Å². The third kappa shape index (κ3) is 3.09. The Labute approximate surface area is 114 Å². The van der Waals surface area contributed by atoms with Gasteiger partial charge in [0.25, 0.3) is 0 Å². The first-order valence-electron chi connectivity index (χ1n) is 5.62. The molecule has 1 amide bonds. The molecule has 2 rings (SSSR count). The van der Waals surface area contributed by atoms with E-state index in [1.54, 1.807) is 11.0 Å². The second-order valence-electron chi connectivity index (χ2n) is 4.08. The van der Waals surface area contributed by atoms with Crippen LogP contribution in [0.2, 0.25) is 0 Å². The third-order valence-electron chi connectivity index (χ3n) is 2.78. The summed E-state index contributed by atoms with van der Waals surface area (Å²) < 4.78 is 33.7. The van der Waals surface area contributed by atoms with Crippen LogP contribution in [0.5, 0.6) is 11.5 Å². The van der Waals surface area contributed by atoms with Crippen molar-refractivity contribution >= 4 is 24.2 Å². The van der Waals surface area contributed by atoms with E-state index in [1.807, 2.05) is 0 Å². The Balaban J connectivity index is 2.26. The lowest BCUT2D eigenvalue weighted by atomic mass is 10.2. The molecule has 1 saturated heterocycles. The fraction of sp³-hybridized carbons (Fsp3) is 0.417. The number of alkyl halides is 2. The van der Waals surface area contributed by atoms with Gasteiger partial charge in [-0.05, 0) is 12.1 Å². The summed E-state index contributed by atoms with van der Waals surface area (Å²) >= 11 is 4.26. The van der Waals surface area contributed by atoms with E-state index >= 15 is 0 Å². The molecule has 0 N–H and O–H groups in total. The zero-order chi connectivity index (χ0) is 14.0. The van der Waals surface area contributed by atoms with Gasteiger partial charge in [-0.1, -0.05) is 0 Å². The monoisotopic (exact) mass is 289 g/mol. The van der Waals surface area contributed by atoms with Gasteiger partial charge in [0, 0.05) is 30.0 Å². The normalized spacial score (nSPS) is 19.1. The van der Waals surface area contributed by atoms with Crippen molar-refractivity contribution in [2.75, 3.05) is 18.6 Å². The molecule has 1 aromatic rings. The molecule has 0 spiro atoms. The van der Waals surface area contributed by atoms with Crippen molar-refractivity contribution in [2.45, 2.75) is 18.3 Å². The van der Waals surface area contributed by atoms with E-state index < -0.39 is 6.61 Å². The summed E-state index contributed by atoms with van der Waals surface area (Å²) in [6.45, 7) is -2.44. The van der Waals surface area contributed by atoms with Gasteiger partial charge in [0.15, 0.2) is 11.5 Å². The first-order chi connectivity index (χ1) is 9.01. The number of hydrogen-bond acceptors (Lipinski definition) is 4. The highest BCUT2D eigenvalue weighted by atomic mass is 32.1. The van der Waals surface area contributed by atoms with Crippen LogP contribution in [0.3, 0.4) is 0 Å². The maximum absolute atomic E-state index is 12.2. The Morgan fingerprint density at radius 2 is 2.16 bits per heavy atom. The van der Waals surface area contributed by atoms with Gasteiger partial charge >= 0.3 is 6.61 Å². The van der Waals surface area contributed by atoms with Crippen molar-refractivity contribution in [1.82, 2.24) is 0 Å². The van der Waals surface area contributed by atoms with Crippen LogP contribution >= 0.6 is 12.6 Å². The first-order valence-corrected chi connectivity index (χ1v) is 6.14. The number of rotatable bonds is 4. The number of carbonyl (C=O) groups excluding carboxylic acids is 1. The fourth-order valence-electron chi connectivity index (χ4n) is 1.96. The molecule has 0 saturated carbocycles. The van der Waals surface area contributed by atoms with E-state index in [2.05, 4.69) is 17.4 Å². The van der Waals surface area contributed by atoms with Gasteiger partial charge in [0.1, 0.15) is 0 Å². The molecule has 1 unspecified atom stereocenters. The van der Waals surface area contributed by atoms with Crippen LogP contribution in [0.15, 0.2) is 18.2 Å². The highest BCUT2D eigenvalue weighted by Crippen LogP contribution is 2.34. The maximum atomic E-state index is 12.2. The van der Waals surface area contributed by atoms with Gasteiger partial charge in [-0.15, -0.1) is 0 Å². The molecule has 1 aliphatic rings. The number of methoxy groups -OCH3 is 1. The molecule has 104 valence electrons. The van der Waals surface area contributed by atoms with Gasteiger partial charge in [0.2, 0.25) is 5.91 Å². The lowest BCUT2D eigenvalue weighted by molar-refractivity contribution is -0.117. The predicted molar refractivity (Wildman–Crippen MR) is 69.4 cm³/mol. The number of benzene rings is 1. The number of thiol groups is 1. The molecular weight excluding hydrogens is 276 g/mol. The molecule has 1 fully saturated rings. The Morgan fingerprint density at radius 3 is 2.68 bits per heavy atom. The van der Waals surface area contributed by atoms with Crippen LogP contribution in [0.4, 0.5) is 14.5 Å². The second-order valence-corrected chi connectivity index (χ2v) is 4.81. The molecule has 1 heterocycles. The number of carbonyl (C=O) groups is 1. The molecular formula is C12H13F2NO3S. The Kier molecular flexibility index (Phi) is 4.14. The molecule has 1 aliphatic heterocycles. The number of halogens is 2. The summed E-state index contributed by atoms with van der Waals surface area (Å²) in [7, 11) is 1.35. The van der Waals surface area contributed by atoms with Gasteiger partial charge in [-0.25, -0.2) is 0 Å². The van der Waals surface area contributed by atoms with Crippen LogP contribution in [0.1, 0.15) is 6.42 Å². The Bertz CT molecular complexity index is 484. The Morgan fingerprint density at radius 1 is 1.42 bits per heavy atom. The van der Waals surface area contributed by atoms with Gasteiger partial charge < -0.3 is 14.4 Å². The Hall–Kier alpha value is -1.50. The molecule has 0 bridgehead atoms. The summed E-state index contributed by atoms with van der Waals surface area (Å²) in [5.41, 5.74) is 0.583. The summed E-state index contributed by atoms with van der Waals surface area (Å²) in [5, 5.41) is -0.0181. The molecule has 0 aliphatic carbocycles. The predicted octanol–water partition coefficient (Wildman–Crippen LogP) is 2.33. The minimum absolute atomic E-state index is 0.0181. The molecule has 1 aromatic carbocycles. The second kappa shape index (κ2) is 5.64. The van der Waals surface area contributed by atoms with Crippen LogP contribution in [-0.4, -0.2) is 31.4 Å². The molecule has 19 heavy (non-hydrogen) atoms. The lowest BCUT2D eigenvalue weighted by Crippen LogP contribution is -2.24. The minimum atomic E-state index is -2.92. The zero-order valence-electron chi connectivity index (χ0n) is 10.2. The van der Waals surface area contributed by atoms with E-state index in [1.165, 1.54) is 19.2 Å². The van der Waals surface area contributed by atoms with Crippen molar-refractivity contribution in [3.05, 3.63) is 18.2 Å². The first kappa shape index (κ1) is 13.9. The van der Waals surface area contributed by atoms with Crippen molar-refractivity contribution in [1.29, 1.82) is 0 Å². The average Bonchev–Trinajstić information content (AvgIpc) is 2.68. The minimum Gasteiger partial charge on any atom is -0.493 e. The lowest BCUT2D eigenvalue weighted by Gasteiger charge is -2.18. The number of ether oxygens (including phenoxy) is 2. The highest BCUT2D eigenvalue weighted by molar-refractivity contribution is 7.81. The standard InChI is InChI=1S/C12H13F2NO3S/c1-17-10-4-7(2-3-9(10)18-12(13)14)15-6-8(19)5-11(15)16/h2-4,8,12,19H,5-6H2,1H3. The molecule has 7 heteroatoms. The van der Waals surface area contributed by atoms with Crippen molar-refractivity contribution in [3.63, 3.8) is 0 Å². The quantitative estimate of drug-likeness (QED) is 0.865. The van der Waals surface area contributed by atoms with Crippen molar-refractivity contribution in [3.8, 4) is 11.5 Å². The van der Waals surface area contributed by atoms with E-state index in [0.29, 0.717) is 18.7 Å². The van der Waals surface area contributed by atoms with Crippen LogP contribution in [-0.2, 0) is 4.79 Å². The van der Waals surface area contributed by atoms with E-state index in [4.69, 9.17) is 4.74 Å². The zero-order valence-corrected chi connectivity index (χ0v) is 11.1. The number of nitrogens with zero attached hydrogens (tertiary/aromatic N) is 1. The number of anilines is 1. The maximum Gasteiger partial charge on any atom is 0.387 e. The average molecular weight is 289 g/mol. The van der Waals surface area contributed by atoms with Crippen molar-refractivity contribution < 1.29 is 23.0 Å². The van der Waals surface area contributed by atoms with Crippen LogP contribution in [0.25, 0.3) is 0 Å². The third-order valence-corrected chi connectivity index (χ3v) is 3.13. The van der Waals surface area contributed by atoms with E-state index in [0.717, 1.165) is 0 Å². The molecule has 0 aromatic heterocycles. The SMILES string of the molecule is COc1cc(N2CC(S)CC2=O)ccc1OC(F)F. The van der Waals surface area contributed by atoms with Gasteiger partial charge in [-0.2, -0.15) is 21.4 Å². The van der Waals surface area contributed by atoms with E-state index in [-0.39, 0.29) is 22.7 Å². The topological polar surface area (TPSA) is 38.8 Å². The van der Waals surface area contributed by atoms with E-state index in [9.17, 15) is 13.6 Å². The molecule has 0 radical (unpaired) electrons. The summed E-state index contributed by atoms with van der Waals surface area (Å²) in [6, 6.07) is 4.41. The number of amides is 1. The summed E-state index contributed by atoms with van der Waals surface area (Å²) in [6.07, 6.45) is 0.362. The summed E-state index contributed by atoms with van der Waals surface area (Å²) in [5.74, 6) is 0.0492. The van der Waals surface area contributed by atoms with Gasteiger partial charge in [-0.3, -0.25) is 4.79 Å². The molecule has 4 nitrogen and oxygen atoms in total. The van der Waals surface area contributed by atoms with Crippen molar-refractivity contribution in [2.24, 2.45) is 0 Å². The molecule has 1 atom stereocenters. The van der Waals surface area contributed by atoms with Crippen LogP contribution in [0, 0.1) is 0 Å². The largest absolute Gasteiger partial charge is 0.493 e.